The highest BCUT2D eigenvalue weighted by atomic mass is 32.2. The minimum atomic E-state index is -0.641. The highest BCUT2D eigenvalue weighted by molar-refractivity contribution is 7.99. The van der Waals surface area contributed by atoms with E-state index in [0.717, 1.165) is 0 Å². The molecule has 0 bridgehead atoms. The van der Waals surface area contributed by atoms with Gasteiger partial charge in [0.25, 0.3) is 5.91 Å². The summed E-state index contributed by atoms with van der Waals surface area (Å²) in [4.78, 5) is 26.7. The Morgan fingerprint density at radius 3 is 2.58 bits per heavy atom. The van der Waals surface area contributed by atoms with Crippen molar-refractivity contribution in [3.05, 3.63) is 35.6 Å². The summed E-state index contributed by atoms with van der Waals surface area (Å²) in [6.45, 7) is 2.54. The van der Waals surface area contributed by atoms with Gasteiger partial charge in [-0.2, -0.15) is 11.8 Å². The molecule has 1 fully saturated rings. The molecule has 0 unspecified atom stereocenters. The first kappa shape index (κ1) is 18.7. The van der Waals surface area contributed by atoms with Crippen LogP contribution in [0, 0.1) is 5.82 Å². The zero-order chi connectivity index (χ0) is 17.4. The average Bonchev–Trinajstić information content (AvgIpc) is 2.61. The second kappa shape index (κ2) is 9.61. The van der Waals surface area contributed by atoms with Crippen molar-refractivity contribution in [3.63, 3.8) is 0 Å². The van der Waals surface area contributed by atoms with Crippen molar-refractivity contribution in [2.45, 2.75) is 6.04 Å². The highest BCUT2D eigenvalue weighted by Crippen LogP contribution is 2.09. The Kier molecular flexibility index (Phi) is 7.48. The number of ether oxygens (including phenoxy) is 1. The van der Waals surface area contributed by atoms with Gasteiger partial charge in [0.2, 0.25) is 5.91 Å². The maximum atomic E-state index is 13.0. The SMILES string of the molecule is NCCSC[C@H](NC(=O)c1ccc(F)cc1)C(=O)N1CCOCC1. The van der Waals surface area contributed by atoms with Gasteiger partial charge in [-0.1, -0.05) is 0 Å². The number of amides is 2. The zero-order valence-corrected chi connectivity index (χ0v) is 14.2. The van der Waals surface area contributed by atoms with Gasteiger partial charge in [0.05, 0.1) is 13.2 Å². The molecule has 6 nitrogen and oxygen atoms in total. The summed E-state index contributed by atoms with van der Waals surface area (Å²) in [5, 5.41) is 2.75. The van der Waals surface area contributed by atoms with Crippen LogP contribution in [0.4, 0.5) is 4.39 Å². The van der Waals surface area contributed by atoms with E-state index >= 15 is 0 Å². The van der Waals surface area contributed by atoms with Crippen molar-refractivity contribution >= 4 is 23.6 Å². The average molecular weight is 355 g/mol. The van der Waals surface area contributed by atoms with E-state index in [-0.39, 0.29) is 5.91 Å². The molecule has 0 aliphatic carbocycles. The number of nitrogens with two attached hydrogens (primary N) is 1. The number of nitrogens with one attached hydrogen (secondary N) is 1. The maximum Gasteiger partial charge on any atom is 0.251 e. The third-order valence-electron chi connectivity index (χ3n) is 3.58. The van der Waals surface area contributed by atoms with Gasteiger partial charge < -0.3 is 20.7 Å². The van der Waals surface area contributed by atoms with Crippen molar-refractivity contribution in [1.29, 1.82) is 0 Å². The van der Waals surface area contributed by atoms with Gasteiger partial charge in [0, 0.05) is 36.7 Å². The minimum Gasteiger partial charge on any atom is -0.378 e. The van der Waals surface area contributed by atoms with Gasteiger partial charge in [-0.3, -0.25) is 9.59 Å². The van der Waals surface area contributed by atoms with E-state index in [1.54, 1.807) is 4.90 Å². The molecule has 0 spiro atoms. The van der Waals surface area contributed by atoms with Crippen molar-refractivity contribution in [1.82, 2.24) is 10.2 Å². The molecule has 0 saturated carbocycles. The Balaban J connectivity index is 2.02. The lowest BCUT2D eigenvalue weighted by atomic mass is 10.2. The molecule has 1 aromatic rings. The van der Waals surface area contributed by atoms with Crippen LogP contribution in [0.3, 0.4) is 0 Å². The normalized spacial score (nSPS) is 15.8. The highest BCUT2D eigenvalue weighted by Gasteiger charge is 2.27. The van der Waals surface area contributed by atoms with E-state index in [1.807, 2.05) is 0 Å². The van der Waals surface area contributed by atoms with Crippen LogP contribution in [0.1, 0.15) is 10.4 Å². The maximum absolute atomic E-state index is 13.0. The van der Waals surface area contributed by atoms with Crippen LogP contribution in [0.2, 0.25) is 0 Å². The summed E-state index contributed by atoms with van der Waals surface area (Å²) in [6.07, 6.45) is 0. The number of carbonyl (C=O) groups excluding carboxylic acids is 2. The second-order valence-electron chi connectivity index (χ2n) is 5.33. The van der Waals surface area contributed by atoms with E-state index in [0.29, 0.717) is 49.9 Å². The number of halogens is 1. The Morgan fingerprint density at radius 2 is 1.96 bits per heavy atom. The Morgan fingerprint density at radius 1 is 1.29 bits per heavy atom. The Labute approximate surface area is 144 Å². The Hall–Kier alpha value is -1.64. The molecule has 1 aliphatic heterocycles. The van der Waals surface area contributed by atoms with Crippen LogP contribution >= 0.6 is 11.8 Å². The summed E-state index contributed by atoms with van der Waals surface area (Å²) in [5.41, 5.74) is 5.80. The number of hydrogen-bond donors (Lipinski definition) is 2. The molecule has 3 N–H and O–H groups in total. The summed E-state index contributed by atoms with van der Waals surface area (Å²) >= 11 is 1.51. The molecule has 0 aromatic heterocycles. The summed E-state index contributed by atoms with van der Waals surface area (Å²) < 4.78 is 18.2. The molecule has 0 radical (unpaired) electrons. The van der Waals surface area contributed by atoms with Crippen LogP contribution in [0.5, 0.6) is 0 Å². The number of nitrogens with zero attached hydrogens (tertiary/aromatic N) is 1. The molecule has 24 heavy (non-hydrogen) atoms. The molecule has 1 heterocycles. The van der Waals surface area contributed by atoms with E-state index in [1.165, 1.54) is 36.0 Å². The van der Waals surface area contributed by atoms with Crippen molar-refractivity contribution in [3.8, 4) is 0 Å². The minimum absolute atomic E-state index is 0.127. The molecule has 1 aliphatic rings. The predicted octanol–water partition coefficient (Wildman–Crippen LogP) is 0.475. The van der Waals surface area contributed by atoms with Gasteiger partial charge in [-0.15, -0.1) is 0 Å². The Bertz CT molecular complexity index is 550. The third kappa shape index (κ3) is 5.47. The first-order valence-electron chi connectivity index (χ1n) is 7.82. The molecular formula is C16H22FN3O3S. The van der Waals surface area contributed by atoms with E-state index in [4.69, 9.17) is 10.5 Å². The molecule has 2 amide bonds. The fourth-order valence-corrected chi connectivity index (χ4v) is 3.10. The molecule has 8 heteroatoms. The predicted molar refractivity (Wildman–Crippen MR) is 91.4 cm³/mol. The van der Waals surface area contributed by atoms with Gasteiger partial charge in [-0.05, 0) is 24.3 Å². The number of morpholine rings is 1. The topological polar surface area (TPSA) is 84.7 Å². The van der Waals surface area contributed by atoms with E-state index < -0.39 is 17.8 Å². The molecule has 1 saturated heterocycles. The third-order valence-corrected chi connectivity index (χ3v) is 4.67. The largest absolute Gasteiger partial charge is 0.378 e. The number of rotatable bonds is 7. The van der Waals surface area contributed by atoms with Crippen LogP contribution in [0.25, 0.3) is 0 Å². The number of thioether (sulfide) groups is 1. The smallest absolute Gasteiger partial charge is 0.251 e. The fourth-order valence-electron chi connectivity index (χ4n) is 2.31. The van der Waals surface area contributed by atoms with E-state index in [9.17, 15) is 14.0 Å². The van der Waals surface area contributed by atoms with Crippen LogP contribution in [-0.2, 0) is 9.53 Å². The van der Waals surface area contributed by atoms with Crippen LogP contribution in [0.15, 0.2) is 24.3 Å². The monoisotopic (exact) mass is 355 g/mol. The molecule has 1 aromatic carbocycles. The number of carbonyl (C=O) groups is 2. The standard InChI is InChI=1S/C16H22FN3O3S/c17-13-3-1-12(2-4-13)15(21)19-14(11-24-10-5-18)16(22)20-6-8-23-9-7-20/h1-4,14H,5-11,18H2,(H,19,21)/t14-/m0/s1. The van der Waals surface area contributed by atoms with Crippen molar-refractivity contribution in [2.75, 3.05) is 44.4 Å². The van der Waals surface area contributed by atoms with Gasteiger partial charge >= 0.3 is 0 Å². The molecule has 2 rings (SSSR count). The number of benzene rings is 1. The summed E-state index contributed by atoms with van der Waals surface area (Å²) in [5.74, 6) is 0.221. The molecule has 132 valence electrons. The van der Waals surface area contributed by atoms with Crippen molar-refractivity contribution < 1.29 is 18.7 Å². The van der Waals surface area contributed by atoms with Crippen LogP contribution < -0.4 is 11.1 Å². The lowest BCUT2D eigenvalue weighted by molar-refractivity contribution is -0.136. The van der Waals surface area contributed by atoms with E-state index in [2.05, 4.69) is 5.32 Å². The fraction of sp³-hybridized carbons (Fsp3) is 0.500. The van der Waals surface area contributed by atoms with Crippen molar-refractivity contribution in [2.24, 2.45) is 5.73 Å². The lowest BCUT2D eigenvalue weighted by Gasteiger charge is -2.30. The van der Waals surface area contributed by atoms with Gasteiger partial charge in [0.15, 0.2) is 0 Å². The first-order chi connectivity index (χ1) is 11.6. The lowest BCUT2D eigenvalue weighted by Crippen LogP contribution is -2.53. The summed E-state index contributed by atoms with van der Waals surface area (Å²) in [7, 11) is 0. The molecular weight excluding hydrogens is 333 g/mol. The van der Waals surface area contributed by atoms with Crippen LogP contribution in [-0.4, -0.2) is 67.1 Å². The first-order valence-corrected chi connectivity index (χ1v) is 8.98. The summed E-state index contributed by atoms with van der Waals surface area (Å²) in [6, 6.07) is 4.59. The van der Waals surface area contributed by atoms with Gasteiger partial charge in [0.1, 0.15) is 11.9 Å². The second-order valence-corrected chi connectivity index (χ2v) is 6.48. The van der Waals surface area contributed by atoms with Gasteiger partial charge in [-0.25, -0.2) is 4.39 Å². The molecule has 1 atom stereocenters. The zero-order valence-electron chi connectivity index (χ0n) is 13.4. The quantitative estimate of drug-likeness (QED) is 0.695. The number of hydrogen-bond acceptors (Lipinski definition) is 5.